The van der Waals surface area contributed by atoms with Gasteiger partial charge in [0.25, 0.3) is 0 Å². The fourth-order valence-corrected chi connectivity index (χ4v) is 3.22. The first-order valence-electron chi connectivity index (χ1n) is 8.06. The molecule has 3 aromatic rings. The predicted octanol–water partition coefficient (Wildman–Crippen LogP) is 4.38. The lowest BCUT2D eigenvalue weighted by Gasteiger charge is -2.02. The van der Waals surface area contributed by atoms with Crippen molar-refractivity contribution in [1.29, 1.82) is 0 Å². The van der Waals surface area contributed by atoms with Gasteiger partial charge >= 0.3 is 0 Å². The average molecular weight is 339 g/mol. The van der Waals surface area contributed by atoms with Crippen molar-refractivity contribution in [1.82, 2.24) is 15.2 Å². The van der Waals surface area contributed by atoms with Crippen molar-refractivity contribution in [2.24, 2.45) is 0 Å². The van der Waals surface area contributed by atoms with Crippen LogP contribution in [0.4, 0.5) is 0 Å². The molecular formula is C19H21N3OS. The predicted molar refractivity (Wildman–Crippen MR) is 98.6 cm³/mol. The second-order valence-corrected chi connectivity index (χ2v) is 6.53. The molecule has 0 bridgehead atoms. The molecule has 1 N–H and O–H groups in total. The van der Waals surface area contributed by atoms with Crippen molar-refractivity contribution in [3.63, 3.8) is 0 Å². The Morgan fingerprint density at radius 3 is 2.67 bits per heavy atom. The molecule has 0 fully saturated rings. The molecule has 0 saturated carbocycles. The van der Waals surface area contributed by atoms with Crippen LogP contribution in [-0.4, -0.2) is 28.0 Å². The number of aromatic amines is 1. The molecule has 0 amide bonds. The van der Waals surface area contributed by atoms with E-state index in [1.807, 2.05) is 12.1 Å². The summed E-state index contributed by atoms with van der Waals surface area (Å²) < 4.78 is 5.17. The van der Waals surface area contributed by atoms with E-state index in [-0.39, 0.29) is 0 Å². The zero-order valence-corrected chi connectivity index (χ0v) is 14.8. The van der Waals surface area contributed by atoms with E-state index in [2.05, 4.69) is 58.5 Å². The van der Waals surface area contributed by atoms with Gasteiger partial charge in [-0.25, -0.2) is 4.98 Å². The fourth-order valence-electron chi connectivity index (χ4n) is 2.43. The molecular weight excluding hydrogens is 318 g/mol. The molecule has 1 aromatic heterocycles. The summed E-state index contributed by atoms with van der Waals surface area (Å²) >= 11 is 1.67. The van der Waals surface area contributed by atoms with E-state index >= 15 is 0 Å². The zero-order valence-electron chi connectivity index (χ0n) is 14.0. The van der Waals surface area contributed by atoms with Gasteiger partial charge in [-0.05, 0) is 42.2 Å². The van der Waals surface area contributed by atoms with Gasteiger partial charge in [0.15, 0.2) is 5.82 Å². The number of nitrogens with one attached hydrogen (secondary N) is 1. The highest BCUT2D eigenvalue weighted by atomic mass is 32.2. The van der Waals surface area contributed by atoms with E-state index in [4.69, 9.17) is 4.74 Å². The van der Waals surface area contributed by atoms with Crippen LogP contribution in [-0.2, 0) is 12.8 Å². The van der Waals surface area contributed by atoms with Gasteiger partial charge in [0.2, 0.25) is 5.16 Å². The van der Waals surface area contributed by atoms with E-state index in [0.717, 1.165) is 40.9 Å². The van der Waals surface area contributed by atoms with Gasteiger partial charge in [0, 0.05) is 11.3 Å². The third-order valence-corrected chi connectivity index (χ3v) is 4.70. The van der Waals surface area contributed by atoms with Gasteiger partial charge in [-0.15, -0.1) is 5.10 Å². The number of hydrogen-bond donors (Lipinski definition) is 1. The number of methoxy groups -OCH3 is 1. The summed E-state index contributed by atoms with van der Waals surface area (Å²) in [5.41, 5.74) is 3.68. The van der Waals surface area contributed by atoms with E-state index in [1.54, 1.807) is 18.9 Å². The molecule has 0 spiro atoms. The minimum absolute atomic E-state index is 0.792. The summed E-state index contributed by atoms with van der Waals surface area (Å²) in [4.78, 5) is 4.59. The zero-order chi connectivity index (χ0) is 16.8. The Morgan fingerprint density at radius 1 is 1.08 bits per heavy atom. The maximum absolute atomic E-state index is 5.17. The summed E-state index contributed by atoms with van der Waals surface area (Å²) in [5, 5.41) is 8.14. The first-order chi connectivity index (χ1) is 11.8. The van der Waals surface area contributed by atoms with Crippen LogP contribution < -0.4 is 4.74 Å². The first kappa shape index (κ1) is 16.6. The molecule has 2 aromatic carbocycles. The van der Waals surface area contributed by atoms with Crippen molar-refractivity contribution in [3.05, 3.63) is 59.7 Å². The van der Waals surface area contributed by atoms with Crippen LogP contribution in [0.15, 0.2) is 53.7 Å². The second-order valence-electron chi connectivity index (χ2n) is 5.47. The average Bonchev–Trinajstić information content (AvgIpc) is 3.11. The fraction of sp³-hybridized carbons (Fsp3) is 0.263. The second kappa shape index (κ2) is 8.02. The van der Waals surface area contributed by atoms with Crippen molar-refractivity contribution >= 4 is 11.8 Å². The highest BCUT2D eigenvalue weighted by molar-refractivity contribution is 7.99. The maximum atomic E-state index is 5.17. The molecule has 24 heavy (non-hydrogen) atoms. The van der Waals surface area contributed by atoms with Crippen LogP contribution in [0.3, 0.4) is 0 Å². The Hall–Kier alpha value is -2.27. The van der Waals surface area contributed by atoms with E-state index in [1.165, 1.54) is 11.1 Å². The van der Waals surface area contributed by atoms with Crippen LogP contribution in [0.5, 0.6) is 5.75 Å². The third kappa shape index (κ3) is 4.17. The number of thioether (sulfide) groups is 1. The maximum Gasteiger partial charge on any atom is 0.208 e. The lowest BCUT2D eigenvalue weighted by molar-refractivity contribution is 0.414. The van der Waals surface area contributed by atoms with Gasteiger partial charge in [-0.1, -0.05) is 49.0 Å². The van der Waals surface area contributed by atoms with Crippen LogP contribution in [0.25, 0.3) is 11.4 Å². The van der Waals surface area contributed by atoms with E-state index < -0.39 is 0 Å². The van der Waals surface area contributed by atoms with Crippen molar-refractivity contribution in [2.45, 2.75) is 24.9 Å². The Kier molecular flexibility index (Phi) is 5.54. The minimum atomic E-state index is 0.792. The normalized spacial score (nSPS) is 10.8. The van der Waals surface area contributed by atoms with Crippen LogP contribution >= 0.6 is 11.8 Å². The number of nitrogens with zero attached hydrogens (tertiary/aromatic N) is 2. The number of aryl methyl sites for hydroxylation is 2. The van der Waals surface area contributed by atoms with Gasteiger partial charge in [0.05, 0.1) is 7.11 Å². The van der Waals surface area contributed by atoms with E-state index in [9.17, 15) is 0 Å². The molecule has 4 nitrogen and oxygen atoms in total. The van der Waals surface area contributed by atoms with Gasteiger partial charge in [0.1, 0.15) is 5.75 Å². The Morgan fingerprint density at radius 2 is 1.92 bits per heavy atom. The molecule has 0 aliphatic rings. The summed E-state index contributed by atoms with van der Waals surface area (Å²) in [6, 6.07) is 16.6. The monoisotopic (exact) mass is 339 g/mol. The summed E-state index contributed by atoms with van der Waals surface area (Å²) in [5.74, 6) is 2.66. The number of aromatic nitrogens is 3. The highest BCUT2D eigenvalue weighted by Gasteiger charge is 2.07. The van der Waals surface area contributed by atoms with Crippen LogP contribution in [0.1, 0.15) is 18.1 Å². The SMILES string of the molecule is CCc1cccc(-c2nc(SCCc3ccc(OC)cc3)n[nH]2)c1. The molecule has 0 aliphatic carbocycles. The summed E-state index contributed by atoms with van der Waals surface area (Å²) in [7, 11) is 1.68. The largest absolute Gasteiger partial charge is 0.497 e. The lowest BCUT2D eigenvalue weighted by Crippen LogP contribution is -1.90. The van der Waals surface area contributed by atoms with Gasteiger partial charge in [-0.3, -0.25) is 5.10 Å². The summed E-state index contributed by atoms with van der Waals surface area (Å²) in [6.45, 7) is 2.15. The number of H-pyrrole nitrogens is 1. The molecule has 5 heteroatoms. The van der Waals surface area contributed by atoms with Crippen molar-refractivity contribution < 1.29 is 4.74 Å². The molecule has 0 radical (unpaired) electrons. The Balaban J connectivity index is 1.57. The molecule has 1 heterocycles. The molecule has 0 saturated heterocycles. The smallest absolute Gasteiger partial charge is 0.208 e. The molecule has 124 valence electrons. The van der Waals surface area contributed by atoms with Crippen LogP contribution in [0.2, 0.25) is 0 Å². The lowest BCUT2D eigenvalue weighted by atomic mass is 10.1. The first-order valence-corrected chi connectivity index (χ1v) is 9.04. The molecule has 3 rings (SSSR count). The van der Waals surface area contributed by atoms with Crippen molar-refractivity contribution in [3.8, 4) is 17.1 Å². The number of hydrogen-bond acceptors (Lipinski definition) is 4. The standard InChI is InChI=1S/C19H21N3OS/c1-3-14-5-4-6-16(13-14)18-20-19(22-21-18)24-12-11-15-7-9-17(23-2)10-8-15/h4-10,13H,3,11-12H2,1-2H3,(H,20,21,22). The number of rotatable bonds is 7. The molecule has 0 aliphatic heterocycles. The highest BCUT2D eigenvalue weighted by Crippen LogP contribution is 2.21. The Labute approximate surface area is 146 Å². The Bertz CT molecular complexity index is 783. The van der Waals surface area contributed by atoms with Crippen LogP contribution in [0, 0.1) is 0 Å². The quantitative estimate of drug-likeness (QED) is 0.649. The number of ether oxygens (including phenoxy) is 1. The van der Waals surface area contributed by atoms with Gasteiger partial charge < -0.3 is 4.74 Å². The molecule has 0 unspecified atom stereocenters. The topological polar surface area (TPSA) is 50.8 Å². The number of benzene rings is 2. The van der Waals surface area contributed by atoms with Crippen molar-refractivity contribution in [2.75, 3.05) is 12.9 Å². The summed E-state index contributed by atoms with van der Waals surface area (Å²) in [6.07, 6.45) is 2.00. The minimum Gasteiger partial charge on any atom is -0.497 e. The van der Waals surface area contributed by atoms with Gasteiger partial charge in [-0.2, -0.15) is 0 Å². The third-order valence-electron chi connectivity index (χ3n) is 3.85. The van der Waals surface area contributed by atoms with E-state index in [0.29, 0.717) is 0 Å². The molecule has 0 atom stereocenters.